The molecule has 0 amide bonds. The van der Waals surface area contributed by atoms with E-state index < -0.39 is 6.16 Å². The maximum absolute atomic E-state index is 8.56. The average molecular weight is 328 g/mol. The van der Waals surface area contributed by atoms with Gasteiger partial charge in [0.1, 0.15) is 0 Å². The summed E-state index contributed by atoms with van der Waals surface area (Å²) in [7, 11) is 0. The van der Waals surface area contributed by atoms with Gasteiger partial charge in [-0.25, -0.2) is 4.79 Å². The smallest absolute Gasteiger partial charge is 1.00 e. The molecule has 0 radical (unpaired) electrons. The Bertz CT molecular complexity index is 39.9. The molecule has 0 heterocycles. The summed E-state index contributed by atoms with van der Waals surface area (Å²) in [6.45, 7) is 0. The van der Waals surface area contributed by atoms with Gasteiger partial charge in [-0.3, -0.25) is 0 Å². The Labute approximate surface area is 103 Å². The SMILES string of the molecule is O.O.O=C(O)O.[H-].[K+].[Os]. The Morgan fingerprint density at radius 1 is 1.25 bits per heavy atom. The van der Waals surface area contributed by atoms with Gasteiger partial charge in [-0.2, -0.15) is 0 Å². The Morgan fingerprint density at radius 2 is 1.25 bits per heavy atom. The van der Waals surface area contributed by atoms with E-state index in [4.69, 9.17) is 15.0 Å². The monoisotopic (exact) mass is 330 g/mol. The fourth-order valence-electron chi connectivity index (χ4n) is 0. The topological polar surface area (TPSA) is 121 Å². The minimum Gasteiger partial charge on any atom is -1.00 e. The van der Waals surface area contributed by atoms with Crippen molar-refractivity contribution in [2.24, 2.45) is 0 Å². The van der Waals surface area contributed by atoms with Crippen molar-refractivity contribution in [1.82, 2.24) is 0 Å². The van der Waals surface area contributed by atoms with Crippen LogP contribution in [-0.4, -0.2) is 27.3 Å². The van der Waals surface area contributed by atoms with Crippen LogP contribution in [0.4, 0.5) is 4.79 Å². The average Bonchev–Trinajstić information content (AvgIpc) is 0.811. The number of hydrogen-bond donors (Lipinski definition) is 2. The molecule has 50 valence electrons. The molecular weight excluding hydrogens is 321 g/mol. The molecule has 8 heavy (non-hydrogen) atoms. The Kier molecular flexibility index (Phi) is 101. The van der Waals surface area contributed by atoms with E-state index >= 15 is 0 Å². The van der Waals surface area contributed by atoms with Gasteiger partial charge in [0, 0.05) is 19.8 Å². The van der Waals surface area contributed by atoms with Gasteiger partial charge >= 0.3 is 57.5 Å². The molecule has 5 nitrogen and oxygen atoms in total. The van der Waals surface area contributed by atoms with E-state index in [1.165, 1.54) is 0 Å². The van der Waals surface area contributed by atoms with Crippen LogP contribution in [0.1, 0.15) is 1.43 Å². The summed E-state index contributed by atoms with van der Waals surface area (Å²) in [5, 5.41) is 13.9. The predicted octanol–water partition coefficient (Wildman–Crippen LogP) is -4.31. The quantitative estimate of drug-likeness (QED) is 0.438. The van der Waals surface area contributed by atoms with Crippen molar-refractivity contribution >= 4 is 6.16 Å². The second-order valence-electron chi connectivity index (χ2n) is 0.283. The maximum Gasteiger partial charge on any atom is 1.00 e. The van der Waals surface area contributed by atoms with Gasteiger partial charge in [0.25, 0.3) is 0 Å². The van der Waals surface area contributed by atoms with Crippen molar-refractivity contribution in [2.45, 2.75) is 0 Å². The largest absolute Gasteiger partial charge is 1.00 e. The normalized spacial score (nSPS) is 3.00. The third-order valence-corrected chi connectivity index (χ3v) is 0. The van der Waals surface area contributed by atoms with Crippen molar-refractivity contribution in [3.05, 3.63) is 0 Å². The molecule has 0 aliphatic carbocycles. The molecule has 0 aromatic rings. The molecule has 0 saturated carbocycles. The van der Waals surface area contributed by atoms with E-state index in [1.807, 2.05) is 0 Å². The van der Waals surface area contributed by atoms with E-state index in [0.29, 0.717) is 0 Å². The summed E-state index contributed by atoms with van der Waals surface area (Å²) in [4.78, 5) is 8.56. The van der Waals surface area contributed by atoms with Crippen molar-refractivity contribution in [3.8, 4) is 0 Å². The summed E-state index contributed by atoms with van der Waals surface area (Å²) >= 11 is 0. The molecule has 0 fully saturated rings. The van der Waals surface area contributed by atoms with Crippen molar-refractivity contribution in [1.29, 1.82) is 0 Å². The van der Waals surface area contributed by atoms with Gasteiger partial charge in [0.05, 0.1) is 0 Å². The van der Waals surface area contributed by atoms with E-state index in [-0.39, 0.29) is 83.6 Å². The molecule has 7 heteroatoms. The summed E-state index contributed by atoms with van der Waals surface area (Å²) in [5.41, 5.74) is 0. The molecular formula is CH7KO5Os. The molecule has 0 aromatic carbocycles. The second kappa shape index (κ2) is 23.7. The second-order valence-corrected chi connectivity index (χ2v) is 0.283. The van der Waals surface area contributed by atoms with Gasteiger partial charge in [-0.1, -0.05) is 0 Å². The number of hydrogen-bond acceptors (Lipinski definition) is 1. The van der Waals surface area contributed by atoms with Crippen LogP contribution in [0.15, 0.2) is 0 Å². The van der Waals surface area contributed by atoms with Crippen molar-refractivity contribution in [3.63, 3.8) is 0 Å². The molecule has 0 atom stereocenters. The van der Waals surface area contributed by atoms with Crippen molar-refractivity contribution < 1.29 is 98.6 Å². The van der Waals surface area contributed by atoms with Gasteiger partial charge in [-0.15, -0.1) is 0 Å². The Balaban J connectivity index is -0.00000000450. The zero-order valence-electron chi connectivity index (χ0n) is 5.16. The van der Waals surface area contributed by atoms with Crippen LogP contribution in [0.25, 0.3) is 0 Å². The zero-order chi connectivity index (χ0) is 3.58. The first-order valence-corrected chi connectivity index (χ1v) is 0.651. The van der Waals surface area contributed by atoms with E-state index in [2.05, 4.69) is 0 Å². The van der Waals surface area contributed by atoms with Crippen LogP contribution in [-0.2, 0) is 19.8 Å². The molecule has 0 saturated heterocycles. The first-order chi connectivity index (χ1) is 1.73. The van der Waals surface area contributed by atoms with E-state index in [9.17, 15) is 0 Å². The third kappa shape index (κ3) is 146. The molecule has 0 aliphatic heterocycles. The summed E-state index contributed by atoms with van der Waals surface area (Å²) in [6.07, 6.45) is -1.83. The van der Waals surface area contributed by atoms with Gasteiger partial charge < -0.3 is 22.6 Å². The Hall–Kier alpha value is 1.46. The summed E-state index contributed by atoms with van der Waals surface area (Å²) in [5.74, 6) is 0. The van der Waals surface area contributed by atoms with E-state index in [0.717, 1.165) is 0 Å². The summed E-state index contributed by atoms with van der Waals surface area (Å²) in [6, 6.07) is 0. The number of rotatable bonds is 0. The fourth-order valence-corrected chi connectivity index (χ4v) is 0. The standard InChI is InChI=1S/CH2O3.K.2H2O.Os.H/c2-1(3)4;;;;;/h(H2,2,3,4);;2*1H2;;/q;+1;;;;-1. The minimum absolute atomic E-state index is 0. The molecule has 6 N–H and O–H groups in total. The van der Waals surface area contributed by atoms with Gasteiger partial charge in [-0.05, 0) is 0 Å². The van der Waals surface area contributed by atoms with Crippen LogP contribution >= 0.6 is 0 Å². The number of carbonyl (C=O) groups is 1. The Morgan fingerprint density at radius 3 is 1.25 bits per heavy atom. The van der Waals surface area contributed by atoms with Crippen LogP contribution in [0.3, 0.4) is 0 Å². The summed E-state index contributed by atoms with van der Waals surface area (Å²) < 4.78 is 0. The first-order valence-electron chi connectivity index (χ1n) is 0.651. The zero-order valence-corrected chi connectivity index (χ0v) is 9.82. The third-order valence-electron chi connectivity index (χ3n) is 0. The van der Waals surface area contributed by atoms with Gasteiger partial charge in [0.15, 0.2) is 0 Å². The minimum atomic E-state index is -1.83. The van der Waals surface area contributed by atoms with Crippen LogP contribution in [0.5, 0.6) is 0 Å². The first kappa shape index (κ1) is 34.0. The van der Waals surface area contributed by atoms with Crippen LogP contribution < -0.4 is 51.4 Å². The fraction of sp³-hybridized carbons (Fsp3) is 0. The maximum atomic E-state index is 8.56. The van der Waals surface area contributed by atoms with E-state index in [1.54, 1.807) is 0 Å². The van der Waals surface area contributed by atoms with Crippen molar-refractivity contribution in [2.75, 3.05) is 0 Å². The molecule has 0 bridgehead atoms. The molecule has 0 aliphatic rings. The molecule has 0 unspecified atom stereocenters. The number of carboxylic acid groups (broad SMARTS) is 2. The molecule has 0 aromatic heterocycles. The predicted molar refractivity (Wildman–Crippen MR) is 19.0 cm³/mol. The molecule has 0 rings (SSSR count). The van der Waals surface area contributed by atoms with Crippen LogP contribution in [0.2, 0.25) is 0 Å². The van der Waals surface area contributed by atoms with Crippen LogP contribution in [0, 0.1) is 0 Å². The van der Waals surface area contributed by atoms with Gasteiger partial charge in [0.2, 0.25) is 0 Å². The molecule has 0 spiro atoms.